The van der Waals surface area contributed by atoms with Crippen LogP contribution < -0.4 is 10.1 Å². The summed E-state index contributed by atoms with van der Waals surface area (Å²) >= 11 is 1.33. The first-order valence-corrected chi connectivity index (χ1v) is 8.05. The molecule has 0 aliphatic carbocycles. The zero-order valence-electron chi connectivity index (χ0n) is 13.1. The highest BCUT2D eigenvalue weighted by Gasteiger charge is 2.13. The van der Waals surface area contributed by atoms with E-state index in [0.29, 0.717) is 11.5 Å². The molecule has 0 atom stereocenters. The lowest BCUT2D eigenvalue weighted by atomic mass is 10.3. The van der Waals surface area contributed by atoms with Gasteiger partial charge in [-0.2, -0.15) is 0 Å². The Labute approximate surface area is 140 Å². The summed E-state index contributed by atoms with van der Waals surface area (Å²) in [4.78, 5) is 13.5. The van der Waals surface area contributed by atoms with Gasteiger partial charge in [-0.1, -0.05) is 36.0 Å². The average Bonchev–Trinajstić information content (AvgIpc) is 2.60. The number of ether oxygens (including phenoxy) is 2. The third-order valence-electron chi connectivity index (χ3n) is 2.89. The number of methoxy groups -OCH3 is 1. The summed E-state index contributed by atoms with van der Waals surface area (Å²) in [5.74, 6) is 0.387. The Morgan fingerprint density at radius 1 is 1.17 bits per heavy atom. The van der Waals surface area contributed by atoms with Crippen LogP contribution in [0, 0.1) is 0 Å². The number of carbonyl (C=O) groups is 1. The molecule has 0 aliphatic rings. The summed E-state index contributed by atoms with van der Waals surface area (Å²) in [7, 11) is 1.61. The molecule has 5 heteroatoms. The van der Waals surface area contributed by atoms with Gasteiger partial charge in [0.15, 0.2) is 0 Å². The van der Waals surface area contributed by atoms with E-state index >= 15 is 0 Å². The molecule has 0 fully saturated rings. The highest BCUT2D eigenvalue weighted by molar-refractivity contribution is 8.04. The maximum Gasteiger partial charge on any atom is 0.346 e. The number of esters is 1. The molecule has 120 valence electrons. The van der Waals surface area contributed by atoms with Crippen LogP contribution in [0.1, 0.15) is 6.92 Å². The van der Waals surface area contributed by atoms with E-state index in [1.54, 1.807) is 20.2 Å². The standard InChI is InChI=1S/C18H19NO3S/c1-3-22-18(20)17(13-19-14-8-5-4-6-9-14)23-16-11-7-10-15(12-16)21-2/h4-13,19H,3H2,1-2H3/b17-13+. The first kappa shape index (κ1) is 17.0. The number of para-hydroxylation sites is 1. The minimum atomic E-state index is -0.358. The zero-order valence-corrected chi connectivity index (χ0v) is 13.9. The molecule has 0 aliphatic heterocycles. The predicted octanol–water partition coefficient (Wildman–Crippen LogP) is 4.30. The average molecular weight is 329 g/mol. The minimum absolute atomic E-state index is 0.334. The molecular weight excluding hydrogens is 310 g/mol. The van der Waals surface area contributed by atoms with Gasteiger partial charge in [0.1, 0.15) is 10.7 Å². The van der Waals surface area contributed by atoms with Gasteiger partial charge < -0.3 is 14.8 Å². The van der Waals surface area contributed by atoms with Crippen molar-refractivity contribution in [3.63, 3.8) is 0 Å². The number of hydrogen-bond donors (Lipinski definition) is 1. The van der Waals surface area contributed by atoms with Crippen LogP contribution in [0.3, 0.4) is 0 Å². The number of hydrogen-bond acceptors (Lipinski definition) is 5. The highest BCUT2D eigenvalue weighted by Crippen LogP contribution is 2.30. The lowest BCUT2D eigenvalue weighted by Gasteiger charge is -2.09. The molecule has 0 aromatic heterocycles. The Kier molecular flexibility index (Phi) is 6.56. The Hall–Kier alpha value is -2.40. The zero-order chi connectivity index (χ0) is 16.5. The molecule has 2 aromatic rings. The molecule has 2 aromatic carbocycles. The lowest BCUT2D eigenvalue weighted by molar-refractivity contribution is -0.137. The number of carbonyl (C=O) groups excluding carboxylic acids is 1. The Morgan fingerprint density at radius 3 is 2.65 bits per heavy atom. The van der Waals surface area contributed by atoms with Crippen molar-refractivity contribution in [2.75, 3.05) is 19.0 Å². The molecule has 23 heavy (non-hydrogen) atoms. The van der Waals surface area contributed by atoms with Gasteiger partial charge in [-0.15, -0.1) is 0 Å². The molecule has 1 N–H and O–H groups in total. The van der Waals surface area contributed by atoms with Crippen molar-refractivity contribution in [2.24, 2.45) is 0 Å². The second-order valence-electron chi connectivity index (χ2n) is 4.52. The van der Waals surface area contributed by atoms with Crippen LogP contribution in [0.2, 0.25) is 0 Å². The van der Waals surface area contributed by atoms with E-state index in [4.69, 9.17) is 9.47 Å². The molecule has 0 heterocycles. The normalized spacial score (nSPS) is 11.0. The Morgan fingerprint density at radius 2 is 1.96 bits per heavy atom. The topological polar surface area (TPSA) is 47.6 Å². The Bertz CT molecular complexity index is 671. The van der Waals surface area contributed by atoms with Crippen LogP contribution in [0.15, 0.2) is 70.6 Å². The number of benzene rings is 2. The van der Waals surface area contributed by atoms with Gasteiger partial charge in [-0.3, -0.25) is 0 Å². The van der Waals surface area contributed by atoms with E-state index in [-0.39, 0.29) is 5.97 Å². The van der Waals surface area contributed by atoms with Crippen molar-refractivity contribution in [3.05, 3.63) is 65.7 Å². The highest BCUT2D eigenvalue weighted by atomic mass is 32.2. The molecule has 0 unspecified atom stereocenters. The molecule has 0 saturated heterocycles. The van der Waals surface area contributed by atoms with Crippen LogP contribution in [0.4, 0.5) is 5.69 Å². The van der Waals surface area contributed by atoms with Crippen LogP contribution >= 0.6 is 11.8 Å². The van der Waals surface area contributed by atoms with E-state index in [1.807, 2.05) is 54.6 Å². The van der Waals surface area contributed by atoms with Gasteiger partial charge in [-0.25, -0.2) is 4.79 Å². The van der Waals surface area contributed by atoms with Crippen LogP contribution in [-0.2, 0) is 9.53 Å². The lowest BCUT2D eigenvalue weighted by Crippen LogP contribution is -2.07. The van der Waals surface area contributed by atoms with Crippen LogP contribution in [-0.4, -0.2) is 19.7 Å². The SMILES string of the molecule is CCOC(=O)/C(=C\Nc1ccccc1)Sc1cccc(OC)c1. The summed E-state index contributed by atoms with van der Waals surface area (Å²) in [6, 6.07) is 17.2. The number of anilines is 1. The van der Waals surface area contributed by atoms with Crippen molar-refractivity contribution in [1.29, 1.82) is 0 Å². The molecule has 0 radical (unpaired) electrons. The number of nitrogens with one attached hydrogen (secondary N) is 1. The maximum absolute atomic E-state index is 12.1. The number of thioether (sulfide) groups is 1. The molecular formula is C18H19NO3S. The Balaban J connectivity index is 2.17. The van der Waals surface area contributed by atoms with Gasteiger partial charge in [0.05, 0.1) is 13.7 Å². The second kappa shape index (κ2) is 8.90. The monoisotopic (exact) mass is 329 g/mol. The van der Waals surface area contributed by atoms with Crippen LogP contribution in [0.25, 0.3) is 0 Å². The van der Waals surface area contributed by atoms with Crippen LogP contribution in [0.5, 0.6) is 5.75 Å². The van der Waals surface area contributed by atoms with E-state index in [9.17, 15) is 4.79 Å². The molecule has 0 spiro atoms. The smallest absolute Gasteiger partial charge is 0.346 e. The third-order valence-corrected chi connectivity index (χ3v) is 3.88. The van der Waals surface area contributed by atoms with Gasteiger partial charge in [-0.05, 0) is 37.3 Å². The maximum atomic E-state index is 12.1. The van der Waals surface area contributed by atoms with Crippen molar-refractivity contribution < 1.29 is 14.3 Å². The number of rotatable bonds is 7. The molecule has 2 rings (SSSR count). The second-order valence-corrected chi connectivity index (χ2v) is 5.64. The van der Waals surface area contributed by atoms with Gasteiger partial charge in [0, 0.05) is 16.8 Å². The van der Waals surface area contributed by atoms with Gasteiger partial charge in [0.25, 0.3) is 0 Å². The fourth-order valence-electron chi connectivity index (χ4n) is 1.81. The van der Waals surface area contributed by atoms with Gasteiger partial charge in [0.2, 0.25) is 0 Å². The summed E-state index contributed by atoms with van der Waals surface area (Å²) in [5.41, 5.74) is 0.903. The molecule has 0 bridgehead atoms. The summed E-state index contributed by atoms with van der Waals surface area (Å²) in [6.07, 6.45) is 1.66. The molecule has 4 nitrogen and oxygen atoms in total. The fourth-order valence-corrected chi connectivity index (χ4v) is 2.64. The predicted molar refractivity (Wildman–Crippen MR) is 93.6 cm³/mol. The quantitative estimate of drug-likeness (QED) is 0.466. The molecule has 0 amide bonds. The first-order chi connectivity index (χ1) is 11.2. The van der Waals surface area contributed by atoms with Crippen molar-refractivity contribution in [1.82, 2.24) is 0 Å². The summed E-state index contributed by atoms with van der Waals surface area (Å²) in [5, 5.41) is 3.12. The van der Waals surface area contributed by atoms with Crippen molar-refractivity contribution in [3.8, 4) is 5.75 Å². The first-order valence-electron chi connectivity index (χ1n) is 7.23. The van der Waals surface area contributed by atoms with E-state index < -0.39 is 0 Å². The fraction of sp³-hybridized carbons (Fsp3) is 0.167. The molecule has 0 saturated carbocycles. The summed E-state index contributed by atoms with van der Waals surface area (Å²) < 4.78 is 10.3. The van der Waals surface area contributed by atoms with Gasteiger partial charge >= 0.3 is 5.97 Å². The van der Waals surface area contributed by atoms with E-state index in [0.717, 1.165) is 16.3 Å². The third kappa shape index (κ3) is 5.38. The van der Waals surface area contributed by atoms with Crippen molar-refractivity contribution in [2.45, 2.75) is 11.8 Å². The minimum Gasteiger partial charge on any atom is -0.497 e. The van der Waals surface area contributed by atoms with E-state index in [2.05, 4.69) is 5.32 Å². The largest absolute Gasteiger partial charge is 0.497 e. The van der Waals surface area contributed by atoms with Crippen molar-refractivity contribution >= 4 is 23.4 Å². The summed E-state index contributed by atoms with van der Waals surface area (Å²) in [6.45, 7) is 2.12. The van der Waals surface area contributed by atoms with E-state index in [1.165, 1.54) is 11.8 Å².